The molecule has 2 rings (SSSR count). The van der Waals surface area contributed by atoms with Crippen LogP contribution in [0.2, 0.25) is 0 Å². The van der Waals surface area contributed by atoms with Gasteiger partial charge in [-0.2, -0.15) is 11.8 Å². The van der Waals surface area contributed by atoms with Crippen LogP contribution < -0.4 is 5.32 Å². The highest BCUT2D eigenvalue weighted by Gasteiger charge is 2.35. The molecule has 1 N–H and O–H groups in total. The van der Waals surface area contributed by atoms with Crippen LogP contribution in [0.3, 0.4) is 0 Å². The Balaban J connectivity index is 1.90. The molecule has 0 aliphatic heterocycles. The summed E-state index contributed by atoms with van der Waals surface area (Å²) < 4.78 is 1.21. The number of nitrogens with zero attached hydrogens (tertiary/aromatic N) is 2. The fourth-order valence-electron chi connectivity index (χ4n) is 1.68. The van der Waals surface area contributed by atoms with E-state index in [2.05, 4.69) is 37.5 Å². The van der Waals surface area contributed by atoms with E-state index in [0.717, 1.165) is 17.0 Å². The fraction of sp³-hybridized carbons (Fsp3) is 0.600. The topological polar surface area (TPSA) is 37.8 Å². The van der Waals surface area contributed by atoms with E-state index in [9.17, 15) is 0 Å². The van der Waals surface area contributed by atoms with E-state index in [1.54, 1.807) is 12.4 Å². The number of anilines is 1. The summed E-state index contributed by atoms with van der Waals surface area (Å²) in [5.41, 5.74) is 0. The van der Waals surface area contributed by atoms with E-state index in [0.29, 0.717) is 4.75 Å². The minimum absolute atomic E-state index is 0.439. The van der Waals surface area contributed by atoms with Crippen LogP contribution in [0.25, 0.3) is 0 Å². The van der Waals surface area contributed by atoms with Crippen molar-refractivity contribution in [2.45, 2.75) is 24.0 Å². The lowest BCUT2D eigenvalue weighted by atomic mass is 9.84. The first-order valence-electron chi connectivity index (χ1n) is 5.01. The number of halogens is 1. The molecule has 0 bridgehead atoms. The van der Waals surface area contributed by atoms with Gasteiger partial charge in [-0.1, -0.05) is 6.42 Å². The number of hydrogen-bond acceptors (Lipinski definition) is 4. The summed E-state index contributed by atoms with van der Waals surface area (Å²) >= 11 is 5.23. The van der Waals surface area contributed by atoms with Gasteiger partial charge in [0, 0.05) is 11.3 Å². The SMILES string of the molecule is CSC1(CNc2cnc(Br)cn2)CCC1. The van der Waals surface area contributed by atoms with Crippen LogP contribution in [0, 0.1) is 0 Å². The Hall–Kier alpha value is -0.290. The van der Waals surface area contributed by atoms with Crippen LogP contribution in [-0.4, -0.2) is 27.5 Å². The molecule has 0 atom stereocenters. The number of hydrogen-bond donors (Lipinski definition) is 1. The molecule has 1 aliphatic rings. The van der Waals surface area contributed by atoms with Gasteiger partial charge in [-0.15, -0.1) is 0 Å². The lowest BCUT2D eigenvalue weighted by Gasteiger charge is -2.40. The van der Waals surface area contributed by atoms with Crippen molar-refractivity contribution in [2.24, 2.45) is 0 Å². The van der Waals surface area contributed by atoms with Crippen molar-refractivity contribution in [1.29, 1.82) is 0 Å². The molecule has 3 nitrogen and oxygen atoms in total. The first-order chi connectivity index (χ1) is 7.24. The zero-order chi connectivity index (χ0) is 10.7. The highest BCUT2D eigenvalue weighted by molar-refractivity contribution is 9.10. The van der Waals surface area contributed by atoms with E-state index in [-0.39, 0.29) is 0 Å². The van der Waals surface area contributed by atoms with Gasteiger partial charge >= 0.3 is 0 Å². The van der Waals surface area contributed by atoms with Crippen molar-refractivity contribution >= 4 is 33.5 Å². The summed E-state index contributed by atoms with van der Waals surface area (Å²) in [6, 6.07) is 0. The van der Waals surface area contributed by atoms with Crippen LogP contribution in [0.5, 0.6) is 0 Å². The van der Waals surface area contributed by atoms with Crippen LogP contribution in [0.1, 0.15) is 19.3 Å². The number of thioether (sulfide) groups is 1. The predicted molar refractivity (Wildman–Crippen MR) is 68.3 cm³/mol. The molecule has 1 heterocycles. The Bertz CT molecular complexity index is 318. The van der Waals surface area contributed by atoms with Crippen LogP contribution >= 0.6 is 27.7 Å². The molecule has 0 amide bonds. The van der Waals surface area contributed by atoms with Gasteiger partial charge in [0.25, 0.3) is 0 Å². The van der Waals surface area contributed by atoms with E-state index < -0.39 is 0 Å². The Morgan fingerprint density at radius 3 is 2.73 bits per heavy atom. The summed E-state index contributed by atoms with van der Waals surface area (Å²) in [7, 11) is 0. The molecule has 1 saturated carbocycles. The first-order valence-corrected chi connectivity index (χ1v) is 7.02. The minimum atomic E-state index is 0.439. The molecule has 1 aromatic rings. The van der Waals surface area contributed by atoms with Crippen LogP contribution in [0.15, 0.2) is 17.0 Å². The molecule has 0 saturated heterocycles. The molecular formula is C10H14BrN3S. The molecule has 0 aromatic carbocycles. The molecule has 0 spiro atoms. The Morgan fingerprint density at radius 1 is 1.47 bits per heavy atom. The quantitative estimate of drug-likeness (QED) is 0.924. The van der Waals surface area contributed by atoms with Crippen molar-refractivity contribution in [2.75, 3.05) is 18.1 Å². The third-order valence-corrected chi connectivity index (χ3v) is 4.74. The van der Waals surface area contributed by atoms with Gasteiger partial charge in [0.15, 0.2) is 0 Å². The van der Waals surface area contributed by atoms with Crippen molar-refractivity contribution in [3.8, 4) is 0 Å². The second kappa shape index (κ2) is 4.70. The van der Waals surface area contributed by atoms with Crippen molar-refractivity contribution in [3.05, 3.63) is 17.0 Å². The maximum atomic E-state index is 4.24. The summed E-state index contributed by atoms with van der Waals surface area (Å²) in [6.07, 6.45) is 9.64. The summed E-state index contributed by atoms with van der Waals surface area (Å²) in [6.45, 7) is 0.991. The Morgan fingerprint density at radius 2 is 2.27 bits per heavy atom. The Labute approximate surface area is 103 Å². The maximum Gasteiger partial charge on any atom is 0.144 e. The summed E-state index contributed by atoms with van der Waals surface area (Å²) in [5.74, 6) is 0.860. The average Bonchev–Trinajstić information content (AvgIpc) is 2.20. The van der Waals surface area contributed by atoms with Crippen molar-refractivity contribution in [3.63, 3.8) is 0 Å². The highest BCUT2D eigenvalue weighted by Crippen LogP contribution is 2.42. The third kappa shape index (κ3) is 2.64. The monoisotopic (exact) mass is 287 g/mol. The molecule has 0 radical (unpaired) electrons. The molecule has 1 aromatic heterocycles. The van der Waals surface area contributed by atoms with Crippen LogP contribution in [-0.2, 0) is 0 Å². The first kappa shape index (κ1) is 11.2. The van der Waals surface area contributed by atoms with Gasteiger partial charge in [0.2, 0.25) is 0 Å². The van der Waals surface area contributed by atoms with Gasteiger partial charge in [-0.05, 0) is 35.0 Å². The summed E-state index contributed by atoms with van der Waals surface area (Å²) in [4.78, 5) is 8.38. The summed E-state index contributed by atoms with van der Waals surface area (Å²) in [5, 5.41) is 3.35. The fourth-order valence-corrected chi connectivity index (χ4v) is 2.80. The second-order valence-corrected chi connectivity index (χ2v) is 5.91. The molecule has 82 valence electrons. The lowest BCUT2D eigenvalue weighted by Crippen LogP contribution is -2.40. The third-order valence-electron chi connectivity index (χ3n) is 2.91. The largest absolute Gasteiger partial charge is 0.367 e. The zero-order valence-corrected chi connectivity index (χ0v) is 11.1. The molecule has 15 heavy (non-hydrogen) atoms. The predicted octanol–water partition coefficient (Wildman–Crippen LogP) is 2.94. The van der Waals surface area contributed by atoms with E-state index >= 15 is 0 Å². The van der Waals surface area contributed by atoms with Gasteiger partial charge < -0.3 is 5.32 Å². The van der Waals surface area contributed by atoms with E-state index in [1.165, 1.54) is 19.3 Å². The van der Waals surface area contributed by atoms with Crippen molar-refractivity contribution < 1.29 is 0 Å². The van der Waals surface area contributed by atoms with Gasteiger partial charge in [-0.3, -0.25) is 0 Å². The highest BCUT2D eigenvalue weighted by atomic mass is 79.9. The number of rotatable bonds is 4. The van der Waals surface area contributed by atoms with Crippen LogP contribution in [0.4, 0.5) is 5.82 Å². The average molecular weight is 288 g/mol. The van der Waals surface area contributed by atoms with Gasteiger partial charge in [-0.25, -0.2) is 9.97 Å². The zero-order valence-electron chi connectivity index (χ0n) is 8.66. The second-order valence-electron chi connectivity index (χ2n) is 3.82. The minimum Gasteiger partial charge on any atom is -0.367 e. The number of nitrogens with one attached hydrogen (secondary N) is 1. The van der Waals surface area contributed by atoms with E-state index in [4.69, 9.17) is 0 Å². The molecular weight excluding hydrogens is 274 g/mol. The van der Waals surface area contributed by atoms with Crippen molar-refractivity contribution in [1.82, 2.24) is 9.97 Å². The lowest BCUT2D eigenvalue weighted by molar-refractivity contribution is 0.379. The Kier molecular flexibility index (Phi) is 3.51. The number of aromatic nitrogens is 2. The molecule has 0 unspecified atom stereocenters. The molecule has 1 fully saturated rings. The molecule has 5 heteroatoms. The maximum absolute atomic E-state index is 4.24. The van der Waals surface area contributed by atoms with Gasteiger partial charge in [0.1, 0.15) is 10.4 Å². The smallest absolute Gasteiger partial charge is 0.144 e. The van der Waals surface area contributed by atoms with E-state index in [1.807, 2.05) is 11.8 Å². The standard InChI is InChI=1S/C10H14BrN3S/c1-15-10(3-2-4-10)7-14-9-6-12-8(11)5-13-9/h5-6H,2-4,7H2,1H3,(H,13,14). The molecule has 1 aliphatic carbocycles. The van der Waals surface area contributed by atoms with Gasteiger partial charge in [0.05, 0.1) is 12.4 Å². The normalized spacial score (nSPS) is 18.3.